The summed E-state index contributed by atoms with van der Waals surface area (Å²) in [6.45, 7) is 6.92. The van der Waals surface area contributed by atoms with Crippen LogP contribution < -0.4 is 10.6 Å². The number of carbonyl (C=O) groups excluding carboxylic acids is 3. The Hall–Kier alpha value is -3.17. The summed E-state index contributed by atoms with van der Waals surface area (Å²) < 4.78 is 10.2. The van der Waals surface area contributed by atoms with Crippen LogP contribution in [0.25, 0.3) is 0 Å². The summed E-state index contributed by atoms with van der Waals surface area (Å²) >= 11 is 0. The molecule has 3 N–H and O–H groups in total. The molecule has 1 aromatic heterocycles. The average Bonchev–Trinajstić information content (AvgIpc) is 2.59. The molecule has 1 aromatic rings. The summed E-state index contributed by atoms with van der Waals surface area (Å²) in [7, 11) is 0. The van der Waals surface area contributed by atoms with Crippen LogP contribution in [-0.2, 0) is 30.3 Å². The zero-order valence-electron chi connectivity index (χ0n) is 17.0. The molecule has 0 radical (unpaired) electrons. The number of amides is 2. The highest BCUT2D eigenvalue weighted by molar-refractivity contribution is 5.92. The predicted molar refractivity (Wildman–Crippen MR) is 103 cm³/mol. The number of pyridine rings is 1. The first-order valence-corrected chi connectivity index (χ1v) is 9.13. The third kappa shape index (κ3) is 10.1. The first kappa shape index (κ1) is 23.9. The standard InChI is InChI=1S/C19H27N3O7/c1-5-28-17(26)14(22-18(27)29-19(2,3)4)10-12-6-7-13(11-20-12)21-15(23)8-9-16(24)25/h6-7,11,14H,5,8-10H2,1-4H3,(H,21,23)(H,22,27)(H,24,25)/t14-/m0/s1. The Kier molecular flexibility index (Phi) is 9.04. The lowest BCUT2D eigenvalue weighted by Crippen LogP contribution is -2.45. The van der Waals surface area contributed by atoms with Crippen LogP contribution >= 0.6 is 0 Å². The molecule has 160 valence electrons. The van der Waals surface area contributed by atoms with Crippen LogP contribution in [0.2, 0.25) is 0 Å². The number of alkyl carbamates (subject to hydrolysis) is 1. The molecule has 1 rings (SSSR count). The van der Waals surface area contributed by atoms with Gasteiger partial charge in [-0.05, 0) is 39.8 Å². The molecular formula is C19H27N3O7. The molecular weight excluding hydrogens is 382 g/mol. The molecule has 0 aromatic carbocycles. The first-order valence-electron chi connectivity index (χ1n) is 9.13. The van der Waals surface area contributed by atoms with Crippen LogP contribution in [0.15, 0.2) is 18.3 Å². The lowest BCUT2D eigenvalue weighted by molar-refractivity contribution is -0.145. The summed E-state index contributed by atoms with van der Waals surface area (Å²) in [5.41, 5.74) is 0.141. The van der Waals surface area contributed by atoms with E-state index < -0.39 is 35.6 Å². The number of rotatable bonds is 9. The fraction of sp³-hybridized carbons (Fsp3) is 0.526. The van der Waals surface area contributed by atoms with Gasteiger partial charge in [0.15, 0.2) is 0 Å². The first-order chi connectivity index (χ1) is 13.5. The van der Waals surface area contributed by atoms with Crippen molar-refractivity contribution in [2.45, 2.75) is 58.6 Å². The van der Waals surface area contributed by atoms with E-state index in [2.05, 4.69) is 15.6 Å². The Morgan fingerprint density at radius 1 is 1.17 bits per heavy atom. The monoisotopic (exact) mass is 409 g/mol. The number of carboxylic acid groups (broad SMARTS) is 1. The van der Waals surface area contributed by atoms with Crippen molar-refractivity contribution in [3.8, 4) is 0 Å². The average molecular weight is 409 g/mol. The van der Waals surface area contributed by atoms with Gasteiger partial charge in [-0.15, -0.1) is 0 Å². The highest BCUT2D eigenvalue weighted by Gasteiger charge is 2.26. The molecule has 10 nitrogen and oxygen atoms in total. The van der Waals surface area contributed by atoms with Crippen molar-refractivity contribution >= 4 is 29.6 Å². The quantitative estimate of drug-likeness (QED) is 0.525. The Bertz CT molecular complexity index is 726. The van der Waals surface area contributed by atoms with E-state index in [-0.39, 0.29) is 25.9 Å². The largest absolute Gasteiger partial charge is 0.481 e. The van der Waals surface area contributed by atoms with Crippen LogP contribution in [0.3, 0.4) is 0 Å². The van der Waals surface area contributed by atoms with E-state index in [1.54, 1.807) is 39.8 Å². The van der Waals surface area contributed by atoms with E-state index in [0.717, 1.165) is 0 Å². The summed E-state index contributed by atoms with van der Waals surface area (Å²) in [4.78, 5) is 50.5. The van der Waals surface area contributed by atoms with E-state index in [0.29, 0.717) is 11.4 Å². The summed E-state index contributed by atoms with van der Waals surface area (Å²) in [6.07, 6.45) is 0.268. The van der Waals surface area contributed by atoms with E-state index in [9.17, 15) is 19.2 Å². The molecule has 29 heavy (non-hydrogen) atoms. The lowest BCUT2D eigenvalue weighted by Gasteiger charge is -2.22. The normalized spacial score (nSPS) is 11.9. The Morgan fingerprint density at radius 2 is 1.86 bits per heavy atom. The highest BCUT2D eigenvalue weighted by atomic mass is 16.6. The second-order valence-electron chi connectivity index (χ2n) is 7.14. The van der Waals surface area contributed by atoms with Gasteiger partial charge in [0.05, 0.1) is 24.9 Å². The Morgan fingerprint density at radius 3 is 2.38 bits per heavy atom. The van der Waals surface area contributed by atoms with E-state index in [1.807, 2.05) is 0 Å². The lowest BCUT2D eigenvalue weighted by atomic mass is 10.1. The minimum Gasteiger partial charge on any atom is -0.481 e. The zero-order valence-corrected chi connectivity index (χ0v) is 17.0. The van der Waals surface area contributed by atoms with E-state index >= 15 is 0 Å². The molecule has 0 bridgehead atoms. The number of aromatic nitrogens is 1. The number of aliphatic carboxylic acids is 1. The van der Waals surface area contributed by atoms with E-state index in [4.69, 9.17) is 14.6 Å². The van der Waals surface area contributed by atoms with Crippen molar-refractivity contribution in [2.24, 2.45) is 0 Å². The fourth-order valence-electron chi connectivity index (χ4n) is 2.16. The number of ether oxygens (including phenoxy) is 2. The molecule has 1 atom stereocenters. The Labute approximate surface area is 169 Å². The van der Waals surface area contributed by atoms with Gasteiger partial charge in [-0.25, -0.2) is 9.59 Å². The van der Waals surface area contributed by atoms with Gasteiger partial charge in [0.1, 0.15) is 11.6 Å². The van der Waals surface area contributed by atoms with Crippen molar-refractivity contribution < 1.29 is 33.8 Å². The van der Waals surface area contributed by atoms with Crippen molar-refractivity contribution in [2.75, 3.05) is 11.9 Å². The fourth-order valence-corrected chi connectivity index (χ4v) is 2.16. The maximum atomic E-state index is 12.2. The number of anilines is 1. The molecule has 0 fully saturated rings. The SMILES string of the molecule is CCOC(=O)[C@H](Cc1ccc(NC(=O)CCC(=O)O)cn1)NC(=O)OC(C)(C)C. The Balaban J connectivity index is 2.75. The number of esters is 1. The minimum absolute atomic E-state index is 0.0608. The van der Waals surface area contributed by atoms with Crippen LogP contribution in [0.4, 0.5) is 10.5 Å². The predicted octanol–water partition coefficient (Wildman–Crippen LogP) is 1.88. The highest BCUT2D eigenvalue weighted by Crippen LogP contribution is 2.11. The van der Waals surface area contributed by atoms with Crippen LogP contribution in [0.5, 0.6) is 0 Å². The maximum absolute atomic E-state index is 12.2. The number of hydrogen-bond acceptors (Lipinski definition) is 7. The molecule has 0 unspecified atom stereocenters. The molecule has 0 spiro atoms. The van der Waals surface area contributed by atoms with Crippen molar-refractivity contribution in [3.05, 3.63) is 24.0 Å². The second-order valence-corrected chi connectivity index (χ2v) is 7.14. The summed E-state index contributed by atoms with van der Waals surface area (Å²) in [6, 6.07) is 2.15. The van der Waals surface area contributed by atoms with Gasteiger partial charge >= 0.3 is 18.0 Å². The van der Waals surface area contributed by atoms with Crippen LogP contribution in [0.1, 0.15) is 46.2 Å². The third-order valence-electron chi connectivity index (χ3n) is 3.35. The molecule has 0 aliphatic heterocycles. The van der Waals surface area contributed by atoms with Gasteiger partial charge in [0, 0.05) is 18.5 Å². The van der Waals surface area contributed by atoms with Gasteiger partial charge in [-0.2, -0.15) is 0 Å². The molecule has 0 aliphatic carbocycles. The van der Waals surface area contributed by atoms with Gasteiger partial charge in [0.25, 0.3) is 0 Å². The summed E-state index contributed by atoms with van der Waals surface area (Å²) in [5.74, 6) is -2.12. The number of nitrogens with zero attached hydrogens (tertiary/aromatic N) is 1. The number of carbonyl (C=O) groups is 4. The van der Waals surface area contributed by atoms with Gasteiger partial charge in [-0.3, -0.25) is 14.6 Å². The molecule has 0 aliphatic rings. The number of nitrogens with one attached hydrogen (secondary N) is 2. The molecule has 1 heterocycles. The second kappa shape index (κ2) is 11.0. The van der Waals surface area contributed by atoms with Gasteiger partial charge in [0.2, 0.25) is 5.91 Å². The van der Waals surface area contributed by atoms with Crippen molar-refractivity contribution in [1.29, 1.82) is 0 Å². The van der Waals surface area contributed by atoms with Crippen molar-refractivity contribution in [1.82, 2.24) is 10.3 Å². The number of carboxylic acids is 1. The molecule has 0 saturated heterocycles. The smallest absolute Gasteiger partial charge is 0.408 e. The van der Waals surface area contributed by atoms with E-state index in [1.165, 1.54) is 6.20 Å². The summed E-state index contributed by atoms with van der Waals surface area (Å²) in [5, 5.41) is 13.6. The van der Waals surface area contributed by atoms with Crippen LogP contribution in [0, 0.1) is 0 Å². The zero-order chi connectivity index (χ0) is 22.0. The maximum Gasteiger partial charge on any atom is 0.408 e. The van der Waals surface area contributed by atoms with Crippen LogP contribution in [-0.4, -0.2) is 52.3 Å². The molecule has 10 heteroatoms. The van der Waals surface area contributed by atoms with Gasteiger partial charge < -0.3 is 25.2 Å². The van der Waals surface area contributed by atoms with Gasteiger partial charge in [-0.1, -0.05) is 0 Å². The topological polar surface area (TPSA) is 144 Å². The third-order valence-corrected chi connectivity index (χ3v) is 3.35. The molecule has 2 amide bonds. The number of hydrogen-bond donors (Lipinski definition) is 3. The minimum atomic E-state index is -1.06. The molecule has 0 saturated carbocycles. The van der Waals surface area contributed by atoms with Crippen molar-refractivity contribution in [3.63, 3.8) is 0 Å².